The number of benzene rings is 2. The van der Waals surface area contributed by atoms with Crippen molar-refractivity contribution >= 4 is 63.5 Å². The molecule has 0 radical (unpaired) electrons. The maximum Gasteiger partial charge on any atom is 0.335 e. The smallest absolute Gasteiger partial charge is 0.335 e. The summed E-state index contributed by atoms with van der Waals surface area (Å²) in [6, 6.07) is 14.9. The summed E-state index contributed by atoms with van der Waals surface area (Å²) in [5, 5.41) is 19.0. The molecule has 1 aliphatic heterocycles. The molecular weight excluding hydrogens is 416 g/mol. The molecule has 1 saturated heterocycles. The molecule has 2 aromatic rings. The highest BCUT2D eigenvalue weighted by molar-refractivity contribution is 8.27. The zero-order chi connectivity index (χ0) is 20.3. The monoisotopic (exact) mass is 426 g/mol. The Morgan fingerprint density at radius 2 is 1.82 bits per heavy atom. The number of anilines is 1. The van der Waals surface area contributed by atoms with Crippen LogP contribution in [0.25, 0.3) is 6.08 Å². The Kier molecular flexibility index (Phi) is 5.95. The lowest BCUT2D eigenvalue weighted by atomic mass is 10.1. The second-order valence-corrected chi connectivity index (χ2v) is 7.74. The number of carboxylic acids is 1. The summed E-state index contributed by atoms with van der Waals surface area (Å²) >= 11 is 12.2. The highest BCUT2D eigenvalue weighted by Gasteiger charge is 2.33. The number of hydrogen-bond acceptors (Lipinski definition) is 5. The number of rotatable bonds is 4. The molecule has 1 N–H and O–H groups in total. The van der Waals surface area contributed by atoms with E-state index < -0.39 is 5.97 Å². The Balaban J connectivity index is 1.88. The number of thiocarbonyl (C=S) groups is 1. The quantitative estimate of drug-likeness (QED) is 0.425. The number of carbonyl (C=O) groups excluding carboxylic acids is 1. The lowest BCUT2D eigenvalue weighted by Gasteiger charge is -2.14. The third kappa shape index (κ3) is 4.31. The van der Waals surface area contributed by atoms with Gasteiger partial charge in [-0.3, -0.25) is 9.69 Å². The minimum atomic E-state index is -1.05. The van der Waals surface area contributed by atoms with Crippen LogP contribution in [-0.4, -0.2) is 21.3 Å². The van der Waals surface area contributed by atoms with Crippen molar-refractivity contribution in [1.29, 1.82) is 5.26 Å². The lowest BCUT2D eigenvalue weighted by Crippen LogP contribution is -2.27. The van der Waals surface area contributed by atoms with Crippen LogP contribution in [-0.2, 0) is 4.79 Å². The first-order chi connectivity index (χ1) is 13.4. The van der Waals surface area contributed by atoms with Gasteiger partial charge in [0.15, 0.2) is 4.32 Å². The molecule has 1 fully saturated rings. The van der Waals surface area contributed by atoms with Crippen LogP contribution in [0.15, 0.2) is 65.1 Å². The molecule has 138 valence electrons. The summed E-state index contributed by atoms with van der Waals surface area (Å²) in [4.78, 5) is 25.4. The van der Waals surface area contributed by atoms with E-state index in [9.17, 15) is 14.9 Å². The molecule has 5 nitrogen and oxygen atoms in total. The Morgan fingerprint density at radius 3 is 2.39 bits per heavy atom. The number of halogens is 1. The van der Waals surface area contributed by atoms with E-state index in [1.54, 1.807) is 30.3 Å². The molecule has 0 unspecified atom stereocenters. The maximum atomic E-state index is 12.8. The van der Waals surface area contributed by atoms with Crippen LogP contribution in [0.3, 0.4) is 0 Å². The molecule has 3 rings (SSSR count). The second-order valence-electron chi connectivity index (χ2n) is 5.63. The average Bonchev–Trinajstić information content (AvgIpc) is 2.96. The molecule has 0 bridgehead atoms. The van der Waals surface area contributed by atoms with Gasteiger partial charge in [-0.2, -0.15) is 5.26 Å². The molecule has 0 aromatic heterocycles. The molecule has 0 spiro atoms. The number of carbonyl (C=O) groups is 2. The van der Waals surface area contributed by atoms with Gasteiger partial charge in [-0.1, -0.05) is 47.7 Å². The predicted molar refractivity (Wildman–Crippen MR) is 114 cm³/mol. The van der Waals surface area contributed by atoms with E-state index in [0.29, 0.717) is 25.5 Å². The van der Waals surface area contributed by atoms with Crippen molar-refractivity contribution in [3.63, 3.8) is 0 Å². The van der Waals surface area contributed by atoms with Gasteiger partial charge >= 0.3 is 5.97 Å². The zero-order valence-electron chi connectivity index (χ0n) is 14.1. The number of allylic oxidation sites excluding steroid dienone is 2. The second kappa shape index (κ2) is 8.40. The Hall–Kier alpha value is -2.92. The Labute approximate surface area is 175 Å². The average molecular weight is 427 g/mol. The molecule has 1 amide bonds. The first-order valence-electron chi connectivity index (χ1n) is 7.88. The van der Waals surface area contributed by atoms with Crippen LogP contribution in [0, 0.1) is 11.3 Å². The van der Waals surface area contributed by atoms with Crippen molar-refractivity contribution < 1.29 is 14.7 Å². The third-order valence-corrected chi connectivity index (χ3v) is 5.33. The topological polar surface area (TPSA) is 81.4 Å². The maximum absolute atomic E-state index is 12.8. The Morgan fingerprint density at radius 1 is 1.18 bits per heavy atom. The van der Waals surface area contributed by atoms with E-state index in [2.05, 4.69) is 6.07 Å². The van der Waals surface area contributed by atoms with E-state index >= 15 is 0 Å². The molecule has 8 heteroatoms. The van der Waals surface area contributed by atoms with Crippen LogP contribution < -0.4 is 4.90 Å². The van der Waals surface area contributed by atoms with E-state index in [1.165, 1.54) is 35.2 Å². The van der Waals surface area contributed by atoms with Gasteiger partial charge in [0.25, 0.3) is 5.91 Å². The highest BCUT2D eigenvalue weighted by atomic mass is 35.5. The predicted octanol–water partition coefficient (Wildman–Crippen LogP) is 4.89. The molecule has 2 aromatic carbocycles. The molecule has 1 heterocycles. The number of hydrogen-bond donors (Lipinski definition) is 1. The van der Waals surface area contributed by atoms with Crippen molar-refractivity contribution in [1.82, 2.24) is 0 Å². The van der Waals surface area contributed by atoms with Gasteiger partial charge in [-0.25, -0.2) is 4.79 Å². The largest absolute Gasteiger partial charge is 0.478 e. The molecule has 28 heavy (non-hydrogen) atoms. The van der Waals surface area contributed by atoms with Crippen LogP contribution in [0.1, 0.15) is 15.9 Å². The van der Waals surface area contributed by atoms with Crippen LogP contribution in [0.2, 0.25) is 5.02 Å². The first-order valence-corrected chi connectivity index (χ1v) is 9.48. The standard InChI is InChI=1S/C20H11ClN2O3S2/c21-15-5-1-12(2-6-15)9-13(11-22)10-17-18(24)23(20(27)28-17)16-7-3-14(4-8-16)19(25)26/h1-10H,(H,25,26)/b13-9-,17-10-. The van der Waals surface area contributed by atoms with Crippen molar-refractivity contribution in [2.24, 2.45) is 0 Å². The van der Waals surface area contributed by atoms with Crippen molar-refractivity contribution in [2.75, 3.05) is 4.90 Å². The first kappa shape index (κ1) is 19.8. The van der Waals surface area contributed by atoms with E-state index in [0.717, 1.165) is 17.3 Å². The summed E-state index contributed by atoms with van der Waals surface area (Å²) in [6.45, 7) is 0. The van der Waals surface area contributed by atoms with Gasteiger partial charge in [-0.15, -0.1) is 0 Å². The van der Waals surface area contributed by atoms with Gasteiger partial charge in [0.1, 0.15) is 0 Å². The van der Waals surface area contributed by atoms with Gasteiger partial charge < -0.3 is 5.11 Å². The lowest BCUT2D eigenvalue weighted by molar-refractivity contribution is -0.113. The summed E-state index contributed by atoms with van der Waals surface area (Å²) in [6.07, 6.45) is 3.13. The zero-order valence-corrected chi connectivity index (χ0v) is 16.5. The number of carboxylic acid groups (broad SMARTS) is 1. The minimum absolute atomic E-state index is 0.113. The van der Waals surface area contributed by atoms with E-state index in [1.807, 2.05) is 0 Å². The van der Waals surface area contributed by atoms with Crippen molar-refractivity contribution in [3.05, 3.63) is 81.2 Å². The van der Waals surface area contributed by atoms with E-state index in [-0.39, 0.29) is 11.5 Å². The third-order valence-electron chi connectivity index (χ3n) is 3.77. The molecule has 1 aliphatic rings. The summed E-state index contributed by atoms with van der Waals surface area (Å²) in [5.74, 6) is -1.42. The van der Waals surface area contributed by atoms with Gasteiger partial charge in [0.2, 0.25) is 0 Å². The minimum Gasteiger partial charge on any atom is -0.478 e. The number of aromatic carboxylic acids is 1. The molecule has 0 atom stereocenters. The van der Waals surface area contributed by atoms with Crippen molar-refractivity contribution in [2.45, 2.75) is 0 Å². The molecule has 0 saturated carbocycles. The van der Waals surface area contributed by atoms with E-state index in [4.69, 9.17) is 28.9 Å². The molecule has 0 aliphatic carbocycles. The van der Waals surface area contributed by atoms with Gasteiger partial charge in [0, 0.05) is 5.02 Å². The number of amides is 1. The Bertz CT molecular complexity index is 1070. The SMILES string of the molecule is N#CC(=C\c1ccc(Cl)cc1)/C=C1\SC(=S)N(c2ccc(C(=O)O)cc2)C1=O. The normalized spacial score (nSPS) is 15.8. The number of nitrogens with zero attached hydrogens (tertiary/aromatic N) is 2. The van der Waals surface area contributed by atoms with Gasteiger partial charge in [-0.05, 0) is 54.1 Å². The number of nitriles is 1. The summed E-state index contributed by atoms with van der Waals surface area (Å²) in [7, 11) is 0. The number of thioether (sulfide) groups is 1. The van der Waals surface area contributed by atoms with Crippen LogP contribution in [0.4, 0.5) is 5.69 Å². The van der Waals surface area contributed by atoms with Crippen LogP contribution in [0.5, 0.6) is 0 Å². The van der Waals surface area contributed by atoms with Crippen LogP contribution >= 0.6 is 35.6 Å². The fraction of sp³-hybridized carbons (Fsp3) is 0. The fourth-order valence-corrected chi connectivity index (χ4v) is 3.85. The van der Waals surface area contributed by atoms with Gasteiger partial charge in [0.05, 0.1) is 27.8 Å². The molecular formula is C20H11ClN2O3S2. The van der Waals surface area contributed by atoms with Crippen molar-refractivity contribution in [3.8, 4) is 6.07 Å². The highest BCUT2D eigenvalue weighted by Crippen LogP contribution is 2.35. The summed E-state index contributed by atoms with van der Waals surface area (Å²) < 4.78 is 0.308. The summed E-state index contributed by atoms with van der Waals surface area (Å²) in [5.41, 5.74) is 1.65. The fourth-order valence-electron chi connectivity index (χ4n) is 2.43.